The molecule has 6 nitrogen and oxygen atoms in total. The highest BCUT2D eigenvalue weighted by Crippen LogP contribution is 2.11. The Kier molecular flexibility index (Phi) is 5.66. The maximum atomic E-state index is 11.2. The fraction of sp³-hybridized carbons (Fsp3) is 0.333. The summed E-state index contributed by atoms with van der Waals surface area (Å²) in [5, 5.41) is 5.02. The van der Waals surface area contributed by atoms with Crippen LogP contribution in [-0.4, -0.2) is 32.8 Å². The molecule has 1 rings (SSSR count). The van der Waals surface area contributed by atoms with Crippen LogP contribution < -0.4 is 15.4 Å². The molecule has 0 saturated carbocycles. The molecule has 18 heavy (non-hydrogen) atoms. The lowest BCUT2D eigenvalue weighted by Crippen LogP contribution is -2.34. The third-order valence-corrected chi connectivity index (χ3v) is 2.10. The molecule has 0 aliphatic rings. The molecule has 0 fully saturated rings. The van der Waals surface area contributed by atoms with Crippen molar-refractivity contribution < 1.29 is 19.1 Å². The molecule has 0 aliphatic heterocycles. The van der Waals surface area contributed by atoms with Crippen LogP contribution in [0.5, 0.6) is 5.75 Å². The van der Waals surface area contributed by atoms with E-state index in [0.717, 1.165) is 12.1 Å². The quantitative estimate of drug-likeness (QED) is 0.805. The summed E-state index contributed by atoms with van der Waals surface area (Å²) >= 11 is 0. The van der Waals surface area contributed by atoms with Crippen LogP contribution in [0.25, 0.3) is 0 Å². The normalized spacial score (nSPS) is 9.67. The summed E-state index contributed by atoms with van der Waals surface area (Å²) in [7, 11) is 3.05. The van der Waals surface area contributed by atoms with Gasteiger partial charge in [-0.15, -0.1) is 0 Å². The predicted octanol–water partition coefficient (Wildman–Crippen LogP) is 0.667. The molecule has 0 radical (unpaired) electrons. The molecule has 2 amide bonds. The first-order valence-corrected chi connectivity index (χ1v) is 5.40. The van der Waals surface area contributed by atoms with Gasteiger partial charge >= 0.3 is 6.09 Å². The highest BCUT2D eigenvalue weighted by Gasteiger charge is 2.07. The molecule has 2 N–H and O–H groups in total. The van der Waals surface area contributed by atoms with Crippen LogP contribution in [0, 0.1) is 0 Å². The minimum absolute atomic E-state index is 0.236. The van der Waals surface area contributed by atoms with Crippen molar-refractivity contribution in [3.63, 3.8) is 0 Å². The molecule has 0 saturated heterocycles. The first-order valence-electron chi connectivity index (χ1n) is 5.40. The fourth-order valence-electron chi connectivity index (χ4n) is 1.26. The van der Waals surface area contributed by atoms with Crippen molar-refractivity contribution in [2.45, 2.75) is 6.54 Å². The van der Waals surface area contributed by atoms with Gasteiger partial charge < -0.3 is 14.8 Å². The number of hydrogen-bond acceptors (Lipinski definition) is 5. The van der Waals surface area contributed by atoms with Crippen molar-refractivity contribution in [2.24, 2.45) is 0 Å². The van der Waals surface area contributed by atoms with Crippen LogP contribution in [0.1, 0.15) is 5.56 Å². The van der Waals surface area contributed by atoms with E-state index >= 15 is 0 Å². The van der Waals surface area contributed by atoms with Crippen molar-refractivity contribution in [3.8, 4) is 5.75 Å². The number of amides is 2. The molecule has 6 heteroatoms. The van der Waals surface area contributed by atoms with Gasteiger partial charge in [0.05, 0.1) is 7.11 Å². The molecule has 1 aromatic rings. The van der Waals surface area contributed by atoms with E-state index in [9.17, 15) is 9.59 Å². The first-order chi connectivity index (χ1) is 8.65. The second-order valence-corrected chi connectivity index (χ2v) is 3.50. The Morgan fingerprint density at radius 1 is 1.22 bits per heavy atom. The average Bonchev–Trinajstić information content (AvgIpc) is 2.38. The molecule has 0 unspecified atom stereocenters. The number of alkyl carbamates (subject to hydrolysis) is 1. The van der Waals surface area contributed by atoms with E-state index < -0.39 is 12.0 Å². The topological polar surface area (TPSA) is 76.7 Å². The van der Waals surface area contributed by atoms with Crippen LogP contribution in [0.2, 0.25) is 0 Å². The molecule has 1 aromatic carbocycles. The van der Waals surface area contributed by atoms with E-state index in [2.05, 4.69) is 10.1 Å². The fourth-order valence-corrected chi connectivity index (χ4v) is 1.26. The Bertz CT molecular complexity index is 403. The van der Waals surface area contributed by atoms with Crippen molar-refractivity contribution in [2.75, 3.05) is 20.8 Å². The molecule has 0 atom stereocenters. The lowest BCUT2D eigenvalue weighted by molar-refractivity contribution is -0.122. The number of hydrogen-bond donors (Lipinski definition) is 2. The number of benzene rings is 1. The summed E-state index contributed by atoms with van der Waals surface area (Å²) in [6.07, 6.45) is -0.798. The minimum atomic E-state index is -0.798. The third-order valence-electron chi connectivity index (χ3n) is 2.10. The summed E-state index contributed by atoms with van der Waals surface area (Å²) in [5.41, 5.74) is 1.11. The molecule has 0 spiro atoms. The van der Waals surface area contributed by atoms with E-state index in [1.807, 2.05) is 24.5 Å². The van der Waals surface area contributed by atoms with E-state index in [1.165, 1.54) is 7.11 Å². The van der Waals surface area contributed by atoms with E-state index in [1.54, 1.807) is 12.1 Å². The van der Waals surface area contributed by atoms with Gasteiger partial charge in [0.15, 0.2) is 6.61 Å². The summed E-state index contributed by atoms with van der Waals surface area (Å²) < 4.78 is 9.49. The Balaban J connectivity index is 2.39. The van der Waals surface area contributed by atoms with Crippen LogP contribution >= 0.6 is 0 Å². The summed E-state index contributed by atoms with van der Waals surface area (Å²) in [5.74, 6) is 0.0102. The molecular weight excluding hydrogens is 236 g/mol. The number of imide groups is 1. The van der Waals surface area contributed by atoms with E-state index in [4.69, 9.17) is 4.74 Å². The molecule has 0 bridgehead atoms. The maximum Gasteiger partial charge on any atom is 0.413 e. The van der Waals surface area contributed by atoms with Crippen molar-refractivity contribution in [1.29, 1.82) is 0 Å². The van der Waals surface area contributed by atoms with Gasteiger partial charge in [0.1, 0.15) is 5.75 Å². The lowest BCUT2D eigenvalue weighted by Gasteiger charge is -2.07. The predicted molar refractivity (Wildman–Crippen MR) is 65.2 cm³/mol. The molecule has 0 heterocycles. The zero-order valence-electron chi connectivity index (χ0n) is 10.4. The van der Waals surface area contributed by atoms with E-state index in [-0.39, 0.29) is 6.61 Å². The smallest absolute Gasteiger partial charge is 0.413 e. The number of methoxy groups -OCH3 is 1. The Labute approximate surface area is 105 Å². The number of ether oxygens (including phenoxy) is 2. The van der Waals surface area contributed by atoms with Crippen LogP contribution in [-0.2, 0) is 16.1 Å². The third kappa shape index (κ3) is 4.84. The summed E-state index contributed by atoms with van der Waals surface area (Å²) in [6, 6.07) is 7.31. The second kappa shape index (κ2) is 7.29. The minimum Gasteiger partial charge on any atom is -0.484 e. The zero-order chi connectivity index (χ0) is 13.4. The first kappa shape index (κ1) is 14.0. The largest absolute Gasteiger partial charge is 0.484 e. The van der Waals surface area contributed by atoms with Crippen molar-refractivity contribution >= 4 is 12.0 Å². The Morgan fingerprint density at radius 2 is 1.89 bits per heavy atom. The highest BCUT2D eigenvalue weighted by atomic mass is 16.5. The van der Waals surface area contributed by atoms with Gasteiger partial charge in [-0.3, -0.25) is 10.1 Å². The van der Waals surface area contributed by atoms with Gasteiger partial charge in [-0.2, -0.15) is 0 Å². The van der Waals surface area contributed by atoms with Crippen LogP contribution in [0.15, 0.2) is 24.3 Å². The Hall–Kier alpha value is -2.08. The standard InChI is InChI=1S/C12H16N2O4/c1-13-7-9-3-5-10(6-4-9)18-8-11(15)14-12(16)17-2/h3-6,13H,7-8H2,1-2H3,(H,14,15,16). The zero-order valence-corrected chi connectivity index (χ0v) is 10.4. The SMILES string of the molecule is CNCc1ccc(OCC(=O)NC(=O)OC)cc1. The molecule has 0 aromatic heterocycles. The number of carbonyl (C=O) groups is 2. The number of rotatable bonds is 5. The molecule has 0 aliphatic carbocycles. The summed E-state index contributed by atoms with van der Waals surface area (Å²) in [6.45, 7) is 0.531. The monoisotopic (exact) mass is 252 g/mol. The van der Waals surface area contributed by atoms with Crippen molar-refractivity contribution in [1.82, 2.24) is 10.6 Å². The summed E-state index contributed by atoms with van der Waals surface area (Å²) in [4.78, 5) is 21.9. The van der Waals surface area contributed by atoms with Crippen molar-refractivity contribution in [3.05, 3.63) is 29.8 Å². The van der Waals surface area contributed by atoms with Crippen LogP contribution in [0.3, 0.4) is 0 Å². The lowest BCUT2D eigenvalue weighted by atomic mass is 10.2. The molecule has 98 valence electrons. The second-order valence-electron chi connectivity index (χ2n) is 3.50. The number of nitrogens with one attached hydrogen (secondary N) is 2. The van der Waals surface area contributed by atoms with Gasteiger partial charge in [-0.05, 0) is 24.7 Å². The van der Waals surface area contributed by atoms with Gasteiger partial charge in [0.2, 0.25) is 0 Å². The maximum absolute atomic E-state index is 11.2. The van der Waals surface area contributed by atoms with Crippen LogP contribution in [0.4, 0.5) is 4.79 Å². The van der Waals surface area contributed by atoms with Gasteiger partial charge in [-0.25, -0.2) is 4.79 Å². The Morgan fingerprint density at radius 3 is 2.44 bits per heavy atom. The van der Waals surface area contributed by atoms with Gasteiger partial charge in [0.25, 0.3) is 5.91 Å². The highest BCUT2D eigenvalue weighted by molar-refractivity contribution is 5.92. The van der Waals surface area contributed by atoms with Gasteiger partial charge in [-0.1, -0.05) is 12.1 Å². The van der Waals surface area contributed by atoms with Gasteiger partial charge in [0, 0.05) is 6.54 Å². The average molecular weight is 252 g/mol. The number of carbonyl (C=O) groups excluding carboxylic acids is 2. The molecular formula is C12H16N2O4. The van der Waals surface area contributed by atoms with E-state index in [0.29, 0.717) is 5.75 Å².